The lowest BCUT2D eigenvalue weighted by Gasteiger charge is -2.55. The van der Waals surface area contributed by atoms with E-state index in [1.807, 2.05) is 0 Å². The van der Waals surface area contributed by atoms with Crippen LogP contribution in [0.5, 0.6) is 0 Å². The molecule has 4 unspecified atom stereocenters. The van der Waals surface area contributed by atoms with Crippen molar-refractivity contribution >= 4 is 17.5 Å². The van der Waals surface area contributed by atoms with Crippen LogP contribution in [0.25, 0.3) is 0 Å². The molecule has 2 heterocycles. The van der Waals surface area contributed by atoms with Crippen LogP contribution in [-0.2, 0) is 23.9 Å². The van der Waals surface area contributed by atoms with Gasteiger partial charge in [0.2, 0.25) is 0 Å². The van der Waals surface area contributed by atoms with Gasteiger partial charge >= 0.3 is 5.97 Å². The fourth-order valence-electron chi connectivity index (χ4n) is 7.51. The van der Waals surface area contributed by atoms with Crippen LogP contribution in [0.15, 0.2) is 23.3 Å². The van der Waals surface area contributed by atoms with Crippen LogP contribution in [0.1, 0.15) is 32.6 Å². The van der Waals surface area contributed by atoms with Crippen molar-refractivity contribution in [3.8, 4) is 0 Å². The highest BCUT2D eigenvalue weighted by Gasteiger charge is 2.72. The summed E-state index contributed by atoms with van der Waals surface area (Å²) in [6.45, 7) is 2.86. The summed E-state index contributed by atoms with van der Waals surface area (Å²) in [5.74, 6) is 0.775. The highest BCUT2D eigenvalue weighted by atomic mass is 16.6. The average Bonchev–Trinajstić information content (AvgIpc) is 3.13. The standard InChI is InChI=1S/C21H22O5/c1-9-8-25-19-16-14(23)5-4-13(22)15(16)18-17-11(20(24)26-18)2-3-12-10(9)6-7-21(12,17)19/h4-5,9-12,17-19H,2-3,6-8H2,1H3/t9?,10?,11-,12?,17-,18-,19+,21?/m1/s1. The zero-order valence-corrected chi connectivity index (χ0v) is 14.8. The van der Waals surface area contributed by atoms with E-state index in [1.165, 1.54) is 12.2 Å². The second-order valence-corrected chi connectivity index (χ2v) is 9.07. The summed E-state index contributed by atoms with van der Waals surface area (Å²) in [5, 5.41) is 0. The van der Waals surface area contributed by atoms with Crippen LogP contribution in [0.3, 0.4) is 0 Å². The fraction of sp³-hybridized carbons (Fsp3) is 0.667. The van der Waals surface area contributed by atoms with Crippen LogP contribution >= 0.6 is 0 Å². The highest BCUT2D eigenvalue weighted by molar-refractivity contribution is 6.21. The Morgan fingerprint density at radius 1 is 1.04 bits per heavy atom. The van der Waals surface area contributed by atoms with Gasteiger partial charge in [-0.15, -0.1) is 0 Å². The van der Waals surface area contributed by atoms with Gasteiger partial charge in [-0.2, -0.15) is 0 Å². The van der Waals surface area contributed by atoms with Crippen molar-refractivity contribution in [1.29, 1.82) is 0 Å². The molecule has 0 amide bonds. The maximum Gasteiger partial charge on any atom is 0.310 e. The van der Waals surface area contributed by atoms with Crippen molar-refractivity contribution in [2.75, 3.05) is 6.61 Å². The molecule has 0 N–H and O–H groups in total. The second-order valence-electron chi connectivity index (χ2n) is 9.07. The summed E-state index contributed by atoms with van der Waals surface area (Å²) < 4.78 is 12.2. The number of carbonyl (C=O) groups is 3. The minimum atomic E-state index is -0.557. The quantitative estimate of drug-likeness (QED) is 0.492. The first kappa shape index (κ1) is 15.3. The lowest BCUT2D eigenvalue weighted by Crippen LogP contribution is -2.59. The minimum Gasteiger partial charge on any atom is -0.457 e. The molecular weight excluding hydrogens is 332 g/mol. The Kier molecular flexibility index (Phi) is 2.80. The van der Waals surface area contributed by atoms with E-state index in [2.05, 4.69) is 6.92 Å². The molecule has 6 aliphatic rings. The van der Waals surface area contributed by atoms with Gasteiger partial charge in [-0.1, -0.05) is 6.92 Å². The summed E-state index contributed by atoms with van der Waals surface area (Å²) in [6, 6.07) is 0. The van der Waals surface area contributed by atoms with Gasteiger partial charge in [0.15, 0.2) is 11.6 Å². The van der Waals surface area contributed by atoms with E-state index >= 15 is 0 Å². The summed E-state index contributed by atoms with van der Waals surface area (Å²) in [5.41, 5.74) is 0.677. The number of rotatable bonds is 0. The summed E-state index contributed by atoms with van der Waals surface area (Å²) in [6.07, 6.45) is 5.70. The Morgan fingerprint density at radius 3 is 2.62 bits per heavy atom. The van der Waals surface area contributed by atoms with Crippen molar-refractivity contribution in [2.45, 2.75) is 44.8 Å². The first-order valence-electron chi connectivity index (χ1n) is 9.87. The zero-order valence-electron chi connectivity index (χ0n) is 14.8. The fourth-order valence-corrected chi connectivity index (χ4v) is 7.51. The highest BCUT2D eigenvalue weighted by Crippen LogP contribution is 2.70. The molecule has 8 atom stereocenters. The lowest BCUT2D eigenvalue weighted by molar-refractivity contribution is -0.143. The Balaban J connectivity index is 1.64. The number of carbonyl (C=O) groups excluding carboxylic acids is 3. The second kappa shape index (κ2) is 4.75. The normalized spacial score (nSPS) is 51.1. The van der Waals surface area contributed by atoms with Crippen molar-refractivity contribution in [3.05, 3.63) is 23.3 Å². The molecule has 5 heteroatoms. The molecule has 4 fully saturated rings. The Labute approximate surface area is 151 Å². The van der Waals surface area contributed by atoms with E-state index in [9.17, 15) is 14.4 Å². The molecule has 136 valence electrons. The van der Waals surface area contributed by atoms with Crippen LogP contribution in [0.2, 0.25) is 0 Å². The van der Waals surface area contributed by atoms with Gasteiger partial charge in [-0.25, -0.2) is 0 Å². The van der Waals surface area contributed by atoms with E-state index < -0.39 is 6.10 Å². The van der Waals surface area contributed by atoms with Crippen LogP contribution in [0, 0.1) is 35.0 Å². The predicted molar refractivity (Wildman–Crippen MR) is 89.8 cm³/mol. The molecule has 2 saturated carbocycles. The summed E-state index contributed by atoms with van der Waals surface area (Å²) >= 11 is 0. The molecule has 2 saturated heterocycles. The van der Waals surface area contributed by atoms with Crippen LogP contribution in [-0.4, -0.2) is 36.4 Å². The summed E-state index contributed by atoms with van der Waals surface area (Å²) in [7, 11) is 0. The predicted octanol–water partition coefficient (Wildman–Crippen LogP) is 2.00. The summed E-state index contributed by atoms with van der Waals surface area (Å²) in [4.78, 5) is 38.2. The zero-order chi connectivity index (χ0) is 17.8. The minimum absolute atomic E-state index is 0.0175. The molecular formula is C21H22O5. The Morgan fingerprint density at radius 2 is 1.81 bits per heavy atom. The van der Waals surface area contributed by atoms with E-state index in [0.717, 1.165) is 25.7 Å². The molecule has 4 aliphatic carbocycles. The number of hydrogen-bond donors (Lipinski definition) is 0. The lowest BCUT2D eigenvalue weighted by atomic mass is 9.48. The van der Waals surface area contributed by atoms with E-state index in [0.29, 0.717) is 35.5 Å². The van der Waals surface area contributed by atoms with Crippen LogP contribution in [0.4, 0.5) is 0 Å². The largest absolute Gasteiger partial charge is 0.457 e. The Hall–Kier alpha value is -1.75. The number of fused-ring (bicyclic) bond motifs is 2. The number of hydrogen-bond acceptors (Lipinski definition) is 5. The molecule has 5 nitrogen and oxygen atoms in total. The SMILES string of the molecule is CC1CO[C@H]2C3=C(C(=O)C=CC3=O)[C@H]3OC(=O)[C@@H]4CCC5C1CCC52[C@@H]34. The van der Waals surface area contributed by atoms with E-state index in [4.69, 9.17) is 9.47 Å². The van der Waals surface area contributed by atoms with E-state index in [-0.39, 0.29) is 40.9 Å². The van der Waals surface area contributed by atoms with E-state index in [1.54, 1.807) is 0 Å². The molecule has 2 bridgehead atoms. The molecule has 0 aromatic carbocycles. The van der Waals surface area contributed by atoms with Crippen molar-refractivity contribution in [2.24, 2.45) is 35.0 Å². The van der Waals surface area contributed by atoms with Gasteiger partial charge in [0.1, 0.15) is 6.10 Å². The molecule has 1 spiro atoms. The average molecular weight is 354 g/mol. The molecule has 0 aromatic heterocycles. The van der Waals surface area contributed by atoms with Gasteiger partial charge in [0, 0.05) is 22.5 Å². The molecule has 26 heavy (non-hydrogen) atoms. The molecule has 2 aliphatic heterocycles. The monoisotopic (exact) mass is 354 g/mol. The first-order chi connectivity index (χ1) is 12.5. The van der Waals surface area contributed by atoms with Gasteiger partial charge < -0.3 is 9.47 Å². The number of ketones is 2. The maximum atomic E-state index is 12.9. The third kappa shape index (κ3) is 1.52. The number of allylic oxidation sites excluding steroid dienone is 2. The van der Waals surface area contributed by atoms with Crippen molar-refractivity contribution < 1.29 is 23.9 Å². The van der Waals surface area contributed by atoms with Gasteiger partial charge in [-0.3, -0.25) is 14.4 Å². The molecule has 6 rings (SSSR count). The Bertz CT molecular complexity index is 822. The van der Waals surface area contributed by atoms with Crippen molar-refractivity contribution in [1.82, 2.24) is 0 Å². The third-order valence-corrected chi connectivity index (χ3v) is 8.33. The topological polar surface area (TPSA) is 69.7 Å². The molecule has 0 aromatic rings. The number of esters is 1. The first-order valence-corrected chi connectivity index (χ1v) is 9.87. The molecule has 0 radical (unpaired) electrons. The smallest absolute Gasteiger partial charge is 0.310 e. The van der Waals surface area contributed by atoms with Crippen molar-refractivity contribution in [3.63, 3.8) is 0 Å². The third-order valence-electron chi connectivity index (χ3n) is 8.33. The van der Waals surface area contributed by atoms with Gasteiger partial charge in [0.05, 0.1) is 18.6 Å². The number of ether oxygens (including phenoxy) is 2. The van der Waals surface area contributed by atoms with Gasteiger partial charge in [-0.05, 0) is 55.6 Å². The van der Waals surface area contributed by atoms with Crippen LogP contribution < -0.4 is 0 Å². The maximum absolute atomic E-state index is 12.9. The van der Waals surface area contributed by atoms with Gasteiger partial charge in [0.25, 0.3) is 0 Å².